The maximum atomic E-state index is 13.9. The number of ether oxygens (including phenoxy) is 2. The minimum absolute atomic E-state index is 0.0573. The van der Waals surface area contributed by atoms with E-state index in [1.165, 1.54) is 31.4 Å². The molecule has 7 nitrogen and oxygen atoms in total. The van der Waals surface area contributed by atoms with Gasteiger partial charge in [0, 0.05) is 11.1 Å². The molecule has 0 saturated carbocycles. The highest BCUT2D eigenvalue weighted by Crippen LogP contribution is 2.40. The Bertz CT molecular complexity index is 1630. The van der Waals surface area contributed by atoms with E-state index in [-0.39, 0.29) is 39.6 Å². The van der Waals surface area contributed by atoms with Gasteiger partial charge in [-0.15, -0.1) is 0 Å². The van der Waals surface area contributed by atoms with Crippen LogP contribution >= 0.6 is 0 Å². The largest absolute Gasteiger partial charge is 0.497 e. The molecule has 8 heteroatoms. The van der Waals surface area contributed by atoms with Crippen molar-refractivity contribution < 1.29 is 27.5 Å². The number of rotatable bonds is 7. The normalized spacial score (nSPS) is 14.0. The van der Waals surface area contributed by atoms with Gasteiger partial charge in [0.15, 0.2) is 5.76 Å². The van der Waals surface area contributed by atoms with Crippen molar-refractivity contribution in [1.82, 2.24) is 4.31 Å². The molecule has 0 fully saturated rings. The highest BCUT2D eigenvalue weighted by Gasteiger charge is 2.41. The van der Waals surface area contributed by atoms with Gasteiger partial charge in [0.05, 0.1) is 24.1 Å². The first-order valence-corrected chi connectivity index (χ1v) is 13.2. The first kappa shape index (κ1) is 25.0. The molecule has 0 atom stereocenters. The maximum Gasteiger partial charge on any atom is 0.343 e. The molecule has 1 aliphatic rings. The van der Waals surface area contributed by atoms with Gasteiger partial charge in [-0.05, 0) is 42.0 Å². The van der Waals surface area contributed by atoms with Gasteiger partial charge < -0.3 is 9.47 Å². The molecule has 0 N–H and O–H groups in total. The molecular weight excluding hydrogens is 502 g/mol. The number of methoxy groups -OCH3 is 1. The number of fused-ring (bicyclic) bond motifs is 1. The smallest absolute Gasteiger partial charge is 0.343 e. The summed E-state index contributed by atoms with van der Waals surface area (Å²) in [6, 6.07) is 29.7. The van der Waals surface area contributed by atoms with Gasteiger partial charge >= 0.3 is 5.97 Å². The van der Waals surface area contributed by atoms with Crippen molar-refractivity contribution in [3.8, 4) is 5.75 Å². The number of nitrogens with zero attached hydrogens (tertiary/aromatic N) is 1. The zero-order valence-electron chi connectivity index (χ0n) is 20.4. The zero-order valence-corrected chi connectivity index (χ0v) is 21.2. The predicted molar refractivity (Wildman–Crippen MR) is 142 cm³/mol. The number of carbonyl (C=O) groups excluding carboxylic acids is 2. The number of benzene rings is 4. The van der Waals surface area contributed by atoms with E-state index in [0.29, 0.717) is 11.3 Å². The molecule has 0 amide bonds. The van der Waals surface area contributed by atoms with Crippen LogP contribution in [0.2, 0.25) is 0 Å². The molecule has 4 aromatic rings. The summed E-state index contributed by atoms with van der Waals surface area (Å²) in [7, 11) is -2.66. The summed E-state index contributed by atoms with van der Waals surface area (Å²) in [4.78, 5) is 27.2. The van der Waals surface area contributed by atoms with Crippen molar-refractivity contribution in [2.24, 2.45) is 0 Å². The topological polar surface area (TPSA) is 90.0 Å². The number of allylic oxidation sites excluding steroid dienone is 1. The van der Waals surface area contributed by atoms with E-state index in [9.17, 15) is 18.0 Å². The molecule has 0 radical (unpaired) electrons. The highest BCUT2D eigenvalue weighted by atomic mass is 32.2. The molecule has 0 bridgehead atoms. The lowest BCUT2D eigenvalue weighted by atomic mass is 10.0. The van der Waals surface area contributed by atoms with Crippen molar-refractivity contribution in [2.45, 2.75) is 11.4 Å². The van der Waals surface area contributed by atoms with E-state index in [4.69, 9.17) is 9.47 Å². The number of sulfonamides is 1. The minimum Gasteiger partial charge on any atom is -0.497 e. The van der Waals surface area contributed by atoms with Crippen molar-refractivity contribution >= 4 is 27.5 Å². The third-order valence-corrected chi connectivity index (χ3v) is 7.91. The predicted octanol–water partition coefficient (Wildman–Crippen LogP) is 5.31. The Hall–Kier alpha value is -4.69. The zero-order chi connectivity index (χ0) is 26.7. The number of carbonyl (C=O) groups is 2. The van der Waals surface area contributed by atoms with Crippen LogP contribution in [-0.2, 0) is 21.3 Å². The van der Waals surface area contributed by atoms with Crippen LogP contribution in [-0.4, -0.2) is 31.6 Å². The van der Waals surface area contributed by atoms with Crippen LogP contribution < -0.4 is 4.74 Å². The van der Waals surface area contributed by atoms with Crippen LogP contribution in [0.1, 0.15) is 31.8 Å². The second-order valence-electron chi connectivity index (χ2n) is 8.48. The number of ketones is 1. The first-order valence-electron chi connectivity index (χ1n) is 11.8. The lowest BCUT2D eigenvalue weighted by Gasteiger charge is -2.33. The van der Waals surface area contributed by atoms with Crippen molar-refractivity contribution in [2.75, 3.05) is 7.11 Å². The van der Waals surface area contributed by atoms with Crippen molar-refractivity contribution in [1.29, 1.82) is 0 Å². The fourth-order valence-corrected chi connectivity index (χ4v) is 5.85. The van der Waals surface area contributed by atoms with E-state index in [2.05, 4.69) is 0 Å². The SMILES string of the molecule is COc1ccc(C(=O)OC2=C(C(=O)c3ccccc3)N(Cc3ccccc3)S(=O)(=O)c3ccccc32)cc1. The molecular formula is C30H23NO6S. The summed E-state index contributed by atoms with van der Waals surface area (Å²) in [5, 5.41) is 0. The number of hydrogen-bond acceptors (Lipinski definition) is 6. The summed E-state index contributed by atoms with van der Waals surface area (Å²) < 4.78 is 39.9. The molecule has 0 aromatic heterocycles. The highest BCUT2D eigenvalue weighted by molar-refractivity contribution is 7.89. The molecule has 0 unspecified atom stereocenters. The molecule has 4 aromatic carbocycles. The Kier molecular flexibility index (Phi) is 6.81. The molecule has 5 rings (SSSR count). The molecule has 0 saturated heterocycles. The van der Waals surface area contributed by atoms with Gasteiger partial charge in [-0.2, -0.15) is 0 Å². The third-order valence-electron chi connectivity index (χ3n) is 6.10. The third kappa shape index (κ3) is 4.69. The van der Waals surface area contributed by atoms with E-state index in [1.54, 1.807) is 78.9 Å². The molecule has 38 heavy (non-hydrogen) atoms. The van der Waals surface area contributed by atoms with E-state index in [0.717, 1.165) is 4.31 Å². The molecule has 0 spiro atoms. The van der Waals surface area contributed by atoms with Crippen LogP contribution in [0.25, 0.3) is 5.76 Å². The van der Waals surface area contributed by atoms with E-state index >= 15 is 0 Å². The average molecular weight is 526 g/mol. The Labute approximate surface area is 220 Å². The summed E-state index contributed by atoms with van der Waals surface area (Å²) in [5.41, 5.74) is 1.03. The standard InChI is InChI=1S/C30H23NO6S/c1-36-24-18-16-23(17-19-24)30(33)37-29-25-14-8-9-15-26(25)38(34,35)31(20-21-10-4-2-5-11-21)27(29)28(32)22-12-6-3-7-13-22/h2-19H,20H2,1H3. The van der Waals surface area contributed by atoms with Crippen LogP contribution in [0.5, 0.6) is 5.75 Å². The van der Waals surface area contributed by atoms with Crippen molar-refractivity contribution in [3.63, 3.8) is 0 Å². The summed E-state index contributed by atoms with van der Waals surface area (Å²) in [6.45, 7) is -0.130. The van der Waals surface area contributed by atoms with Crippen LogP contribution in [0.4, 0.5) is 0 Å². The fraction of sp³-hybridized carbons (Fsp3) is 0.0667. The lowest BCUT2D eigenvalue weighted by molar-refractivity contribution is 0.0685. The van der Waals surface area contributed by atoms with Crippen LogP contribution in [0.15, 0.2) is 120 Å². The quantitative estimate of drug-likeness (QED) is 0.240. The van der Waals surface area contributed by atoms with Gasteiger partial charge in [0.25, 0.3) is 10.0 Å². The first-order chi connectivity index (χ1) is 18.4. The summed E-state index contributed by atoms with van der Waals surface area (Å²) in [6.07, 6.45) is 0. The molecule has 190 valence electrons. The molecule has 1 aliphatic heterocycles. The van der Waals surface area contributed by atoms with Gasteiger partial charge in [0.2, 0.25) is 5.78 Å². The van der Waals surface area contributed by atoms with E-state index < -0.39 is 21.8 Å². The number of hydrogen-bond donors (Lipinski definition) is 0. The maximum absolute atomic E-state index is 13.9. The molecule has 1 heterocycles. The summed E-state index contributed by atoms with van der Waals surface area (Å²) in [5.74, 6) is -0.892. The monoisotopic (exact) mass is 525 g/mol. The minimum atomic E-state index is -4.18. The van der Waals surface area contributed by atoms with Crippen LogP contribution in [0, 0.1) is 0 Å². The van der Waals surface area contributed by atoms with E-state index in [1.807, 2.05) is 6.07 Å². The van der Waals surface area contributed by atoms with Gasteiger partial charge in [-0.3, -0.25) is 9.10 Å². The second kappa shape index (κ2) is 10.4. The fourth-order valence-electron chi connectivity index (χ4n) is 4.20. The Morgan fingerprint density at radius 1 is 0.737 bits per heavy atom. The Balaban J connectivity index is 1.72. The average Bonchev–Trinajstić information content (AvgIpc) is 2.96. The van der Waals surface area contributed by atoms with Crippen molar-refractivity contribution in [3.05, 3.63) is 137 Å². The van der Waals surface area contributed by atoms with Gasteiger partial charge in [-0.1, -0.05) is 72.8 Å². The lowest BCUT2D eigenvalue weighted by Crippen LogP contribution is -2.38. The number of esters is 1. The van der Waals surface area contributed by atoms with Gasteiger partial charge in [-0.25, -0.2) is 13.2 Å². The summed E-state index contributed by atoms with van der Waals surface area (Å²) >= 11 is 0. The molecule has 0 aliphatic carbocycles. The van der Waals surface area contributed by atoms with Gasteiger partial charge in [0.1, 0.15) is 11.4 Å². The van der Waals surface area contributed by atoms with Crippen LogP contribution in [0.3, 0.4) is 0 Å². The second-order valence-corrected chi connectivity index (χ2v) is 10.3. The Morgan fingerprint density at radius 3 is 2.00 bits per heavy atom. The number of Topliss-reactive ketones (excluding diaryl/α,β-unsaturated/α-hetero) is 1. The Morgan fingerprint density at radius 2 is 1.34 bits per heavy atom.